The van der Waals surface area contributed by atoms with Gasteiger partial charge in [0.15, 0.2) is 0 Å². The predicted molar refractivity (Wildman–Crippen MR) is 60.8 cm³/mol. The summed E-state index contributed by atoms with van der Waals surface area (Å²) in [7, 11) is 0. The quantitative estimate of drug-likeness (QED) is 0.697. The van der Waals surface area contributed by atoms with Gasteiger partial charge in [-0.1, -0.05) is 30.3 Å². The molecule has 4 heteroatoms. The molecule has 4 nitrogen and oxygen atoms in total. The molecule has 0 heterocycles. The zero-order valence-corrected chi connectivity index (χ0v) is 9.35. The van der Waals surface area contributed by atoms with E-state index in [2.05, 4.69) is 5.32 Å². The fourth-order valence-corrected chi connectivity index (χ4v) is 1.30. The summed E-state index contributed by atoms with van der Waals surface area (Å²) in [5, 5.41) is 12.0. The summed E-state index contributed by atoms with van der Waals surface area (Å²) in [6.45, 7) is 2.34. The Hall–Kier alpha value is -1.39. The van der Waals surface area contributed by atoms with E-state index in [4.69, 9.17) is 9.84 Å². The molecule has 0 saturated carbocycles. The van der Waals surface area contributed by atoms with E-state index in [9.17, 15) is 4.79 Å². The van der Waals surface area contributed by atoms with Crippen LogP contribution in [0.4, 0.5) is 0 Å². The topological polar surface area (TPSA) is 58.6 Å². The van der Waals surface area contributed by atoms with Crippen molar-refractivity contribution >= 4 is 5.97 Å². The summed E-state index contributed by atoms with van der Waals surface area (Å²) in [6, 6.07) is 9.03. The van der Waals surface area contributed by atoms with Crippen LogP contribution in [0.15, 0.2) is 30.3 Å². The average molecular weight is 223 g/mol. The summed E-state index contributed by atoms with van der Waals surface area (Å²) < 4.78 is 4.82. The lowest BCUT2D eigenvalue weighted by Crippen LogP contribution is -2.40. The fourth-order valence-electron chi connectivity index (χ4n) is 1.30. The first-order valence-corrected chi connectivity index (χ1v) is 5.32. The number of benzene rings is 1. The highest BCUT2D eigenvalue weighted by molar-refractivity contribution is 5.75. The van der Waals surface area contributed by atoms with Crippen LogP contribution in [0, 0.1) is 0 Å². The summed E-state index contributed by atoms with van der Waals surface area (Å²) >= 11 is 0. The Morgan fingerprint density at radius 3 is 2.69 bits per heavy atom. The van der Waals surface area contributed by atoms with Crippen LogP contribution >= 0.6 is 0 Å². The lowest BCUT2D eigenvalue weighted by Gasteiger charge is -2.14. The number of esters is 1. The molecular formula is C12H17NO3. The van der Waals surface area contributed by atoms with Crippen molar-refractivity contribution in [2.45, 2.75) is 19.5 Å². The first kappa shape index (κ1) is 12.7. The van der Waals surface area contributed by atoms with Crippen LogP contribution in [0.3, 0.4) is 0 Å². The van der Waals surface area contributed by atoms with Crippen molar-refractivity contribution in [1.82, 2.24) is 5.32 Å². The molecule has 0 bridgehead atoms. The Kier molecular flexibility index (Phi) is 5.53. The molecule has 1 aromatic rings. The van der Waals surface area contributed by atoms with E-state index in [1.165, 1.54) is 0 Å². The lowest BCUT2D eigenvalue weighted by molar-refractivity contribution is -0.146. The van der Waals surface area contributed by atoms with Crippen LogP contribution in [-0.4, -0.2) is 30.3 Å². The molecule has 1 atom stereocenters. The van der Waals surface area contributed by atoms with E-state index in [-0.39, 0.29) is 6.61 Å². The monoisotopic (exact) mass is 223 g/mol. The molecule has 1 aromatic carbocycles. The van der Waals surface area contributed by atoms with Crippen LogP contribution < -0.4 is 5.32 Å². The zero-order valence-electron chi connectivity index (χ0n) is 9.35. The highest BCUT2D eigenvalue weighted by Gasteiger charge is 2.17. The molecule has 0 saturated heterocycles. The maximum Gasteiger partial charge on any atom is 0.325 e. The van der Waals surface area contributed by atoms with Crippen molar-refractivity contribution in [3.05, 3.63) is 35.9 Å². The third-order valence-electron chi connectivity index (χ3n) is 2.15. The third kappa shape index (κ3) is 4.00. The minimum Gasteiger partial charge on any atom is -0.465 e. The second-order valence-electron chi connectivity index (χ2n) is 3.35. The molecule has 2 N–H and O–H groups in total. The van der Waals surface area contributed by atoms with Gasteiger partial charge < -0.3 is 9.84 Å². The van der Waals surface area contributed by atoms with Crippen molar-refractivity contribution in [2.24, 2.45) is 0 Å². The molecule has 0 aliphatic rings. The molecule has 88 valence electrons. The van der Waals surface area contributed by atoms with Gasteiger partial charge in [-0.3, -0.25) is 10.1 Å². The van der Waals surface area contributed by atoms with Crippen molar-refractivity contribution in [3.8, 4) is 0 Å². The van der Waals surface area contributed by atoms with Crippen molar-refractivity contribution in [1.29, 1.82) is 0 Å². The van der Waals surface area contributed by atoms with Gasteiger partial charge in [-0.2, -0.15) is 0 Å². The van der Waals surface area contributed by atoms with Crippen molar-refractivity contribution in [2.75, 3.05) is 13.2 Å². The van der Waals surface area contributed by atoms with Gasteiger partial charge in [-0.05, 0) is 12.5 Å². The number of carbonyl (C=O) groups excluding carboxylic acids is 1. The predicted octanol–water partition coefficient (Wildman–Crippen LogP) is 0.700. The SMILES string of the molecule is CCOC(=O)C(CO)NCc1ccccc1. The Morgan fingerprint density at radius 2 is 2.12 bits per heavy atom. The van der Waals surface area contributed by atoms with Crippen LogP contribution in [0.25, 0.3) is 0 Å². The molecule has 0 aliphatic heterocycles. The van der Waals surface area contributed by atoms with E-state index < -0.39 is 12.0 Å². The van der Waals surface area contributed by atoms with Gasteiger partial charge in [0.05, 0.1) is 13.2 Å². The molecule has 1 unspecified atom stereocenters. The van der Waals surface area contributed by atoms with Crippen LogP contribution in [0.5, 0.6) is 0 Å². The second kappa shape index (κ2) is 6.98. The number of aliphatic hydroxyl groups excluding tert-OH is 1. The molecular weight excluding hydrogens is 206 g/mol. The molecule has 0 radical (unpaired) electrons. The molecule has 16 heavy (non-hydrogen) atoms. The molecule has 0 amide bonds. The average Bonchev–Trinajstić information content (AvgIpc) is 2.31. The van der Waals surface area contributed by atoms with Gasteiger partial charge >= 0.3 is 5.97 Å². The number of ether oxygens (including phenoxy) is 1. The minimum atomic E-state index is -0.653. The van der Waals surface area contributed by atoms with Crippen LogP contribution in [0.1, 0.15) is 12.5 Å². The lowest BCUT2D eigenvalue weighted by atomic mass is 10.2. The van der Waals surface area contributed by atoms with E-state index in [0.717, 1.165) is 5.56 Å². The highest BCUT2D eigenvalue weighted by Crippen LogP contribution is 1.99. The Morgan fingerprint density at radius 1 is 1.44 bits per heavy atom. The largest absolute Gasteiger partial charge is 0.465 e. The number of hydrogen-bond donors (Lipinski definition) is 2. The highest BCUT2D eigenvalue weighted by atomic mass is 16.5. The Bertz CT molecular complexity index is 313. The number of rotatable bonds is 6. The van der Waals surface area contributed by atoms with Crippen LogP contribution in [-0.2, 0) is 16.1 Å². The van der Waals surface area contributed by atoms with Gasteiger partial charge in [0.2, 0.25) is 0 Å². The van der Waals surface area contributed by atoms with Gasteiger partial charge in [0, 0.05) is 6.54 Å². The minimum absolute atomic E-state index is 0.258. The van der Waals surface area contributed by atoms with Gasteiger partial charge in [0.25, 0.3) is 0 Å². The van der Waals surface area contributed by atoms with Crippen molar-refractivity contribution in [3.63, 3.8) is 0 Å². The normalized spacial score (nSPS) is 12.1. The first-order chi connectivity index (χ1) is 7.77. The maximum atomic E-state index is 11.4. The first-order valence-electron chi connectivity index (χ1n) is 5.32. The van der Waals surface area contributed by atoms with Crippen LogP contribution in [0.2, 0.25) is 0 Å². The van der Waals surface area contributed by atoms with Gasteiger partial charge in [-0.25, -0.2) is 0 Å². The summed E-state index contributed by atoms with van der Waals surface area (Å²) in [4.78, 5) is 11.4. The molecule has 0 spiro atoms. The summed E-state index contributed by atoms with van der Waals surface area (Å²) in [5.74, 6) is -0.416. The van der Waals surface area contributed by atoms with Crippen molar-refractivity contribution < 1.29 is 14.6 Å². The second-order valence-corrected chi connectivity index (χ2v) is 3.35. The molecule has 1 rings (SSSR count). The number of nitrogens with one attached hydrogen (secondary N) is 1. The maximum absolute atomic E-state index is 11.4. The van der Waals surface area contributed by atoms with E-state index in [1.807, 2.05) is 30.3 Å². The summed E-state index contributed by atoms with van der Waals surface area (Å²) in [5.41, 5.74) is 1.06. The third-order valence-corrected chi connectivity index (χ3v) is 2.15. The molecule has 0 aromatic heterocycles. The Labute approximate surface area is 95.2 Å². The summed E-state index contributed by atoms with van der Waals surface area (Å²) in [6.07, 6.45) is 0. The van der Waals surface area contributed by atoms with E-state index in [1.54, 1.807) is 6.92 Å². The number of carbonyl (C=O) groups is 1. The molecule has 0 fully saturated rings. The smallest absolute Gasteiger partial charge is 0.325 e. The van der Waals surface area contributed by atoms with E-state index in [0.29, 0.717) is 13.2 Å². The molecule has 0 aliphatic carbocycles. The van der Waals surface area contributed by atoms with Gasteiger partial charge in [-0.15, -0.1) is 0 Å². The van der Waals surface area contributed by atoms with E-state index >= 15 is 0 Å². The standard InChI is InChI=1S/C12H17NO3/c1-2-16-12(15)11(9-14)13-8-10-6-4-3-5-7-10/h3-7,11,13-14H,2,8-9H2,1H3. The van der Waals surface area contributed by atoms with Gasteiger partial charge in [0.1, 0.15) is 6.04 Å². The number of hydrogen-bond acceptors (Lipinski definition) is 4. The Balaban J connectivity index is 2.43. The zero-order chi connectivity index (χ0) is 11.8. The number of aliphatic hydroxyl groups is 1. The fraction of sp³-hybridized carbons (Fsp3) is 0.417.